The quantitative estimate of drug-likeness (QED) is 0.778. The second kappa shape index (κ2) is 6.42. The summed E-state index contributed by atoms with van der Waals surface area (Å²) >= 11 is 0. The summed E-state index contributed by atoms with van der Waals surface area (Å²) in [7, 11) is 1.85. The van der Waals surface area contributed by atoms with Crippen LogP contribution in [-0.2, 0) is 0 Å². The van der Waals surface area contributed by atoms with Crippen molar-refractivity contribution in [1.29, 1.82) is 0 Å². The van der Waals surface area contributed by atoms with Crippen molar-refractivity contribution >= 4 is 5.69 Å². The summed E-state index contributed by atoms with van der Waals surface area (Å²) in [6, 6.07) is 4.75. The van der Waals surface area contributed by atoms with Crippen LogP contribution < -0.4 is 21.1 Å². The first-order valence-corrected chi connectivity index (χ1v) is 5.67. The molecule has 4 nitrogen and oxygen atoms in total. The van der Waals surface area contributed by atoms with Gasteiger partial charge in [-0.05, 0) is 19.1 Å². The topological polar surface area (TPSA) is 64.5 Å². The number of likely N-dealkylation sites (N-methyl/N-ethyl adjacent to an activating group) is 1. The molecule has 0 aliphatic heterocycles. The molecule has 0 radical (unpaired) electrons. The Bertz CT molecular complexity index is 360. The monoisotopic (exact) mass is 241 g/mol. The van der Waals surface area contributed by atoms with Gasteiger partial charge >= 0.3 is 0 Å². The van der Waals surface area contributed by atoms with Crippen LogP contribution in [0.3, 0.4) is 0 Å². The highest BCUT2D eigenvalue weighted by atomic mass is 19.1. The van der Waals surface area contributed by atoms with Gasteiger partial charge in [-0.3, -0.25) is 0 Å². The predicted octanol–water partition coefficient (Wildman–Crippen LogP) is 0.947. The third kappa shape index (κ3) is 3.87. The zero-order valence-corrected chi connectivity index (χ0v) is 10.3. The van der Waals surface area contributed by atoms with Gasteiger partial charge in [-0.25, -0.2) is 4.39 Å². The molecule has 0 heterocycles. The van der Waals surface area contributed by atoms with E-state index < -0.39 is 0 Å². The molecule has 5 heteroatoms. The summed E-state index contributed by atoms with van der Waals surface area (Å²) in [5, 5.41) is 0. The number of hydrogen-bond acceptors (Lipinski definition) is 4. The Kier molecular flexibility index (Phi) is 5.18. The minimum Gasteiger partial charge on any atom is -0.491 e. The minimum atomic E-state index is -0.363. The molecule has 0 aliphatic rings. The Hall–Kier alpha value is -1.33. The third-order valence-corrected chi connectivity index (χ3v) is 2.47. The van der Waals surface area contributed by atoms with Crippen LogP contribution >= 0.6 is 0 Å². The van der Waals surface area contributed by atoms with Gasteiger partial charge in [0.15, 0.2) is 11.6 Å². The highest BCUT2D eigenvalue weighted by molar-refractivity contribution is 5.49. The highest BCUT2D eigenvalue weighted by Gasteiger charge is 2.09. The van der Waals surface area contributed by atoms with Gasteiger partial charge in [-0.2, -0.15) is 0 Å². The largest absolute Gasteiger partial charge is 0.491 e. The molecule has 0 aliphatic carbocycles. The van der Waals surface area contributed by atoms with E-state index in [4.69, 9.17) is 16.2 Å². The highest BCUT2D eigenvalue weighted by Crippen LogP contribution is 2.23. The fourth-order valence-electron chi connectivity index (χ4n) is 1.53. The van der Waals surface area contributed by atoms with Gasteiger partial charge in [0, 0.05) is 37.9 Å². The SMILES string of the molecule is CCOc1ccc(N(C)CC(N)CN)cc1F. The van der Waals surface area contributed by atoms with Crippen LogP contribution in [-0.4, -0.2) is 32.8 Å². The number of nitrogens with zero attached hydrogens (tertiary/aromatic N) is 1. The zero-order valence-electron chi connectivity index (χ0n) is 10.3. The normalized spacial score (nSPS) is 12.3. The Balaban J connectivity index is 2.75. The molecule has 0 saturated carbocycles. The first kappa shape index (κ1) is 13.7. The zero-order chi connectivity index (χ0) is 12.8. The summed E-state index contributed by atoms with van der Waals surface area (Å²) < 4.78 is 18.7. The van der Waals surface area contributed by atoms with E-state index in [1.807, 2.05) is 18.9 Å². The molecule has 0 amide bonds. The van der Waals surface area contributed by atoms with E-state index in [0.29, 0.717) is 19.7 Å². The molecule has 4 N–H and O–H groups in total. The van der Waals surface area contributed by atoms with Crippen LogP contribution in [0.15, 0.2) is 18.2 Å². The molecule has 17 heavy (non-hydrogen) atoms. The van der Waals surface area contributed by atoms with Crippen LogP contribution in [0.2, 0.25) is 0 Å². The molecule has 96 valence electrons. The van der Waals surface area contributed by atoms with E-state index in [0.717, 1.165) is 5.69 Å². The number of ether oxygens (including phenoxy) is 1. The van der Waals surface area contributed by atoms with Crippen LogP contribution in [0.25, 0.3) is 0 Å². The molecular weight excluding hydrogens is 221 g/mol. The summed E-state index contributed by atoms with van der Waals surface area (Å²) in [6.45, 7) is 3.26. The van der Waals surface area contributed by atoms with Crippen molar-refractivity contribution in [3.8, 4) is 5.75 Å². The van der Waals surface area contributed by atoms with Crippen molar-refractivity contribution in [3.05, 3.63) is 24.0 Å². The van der Waals surface area contributed by atoms with Gasteiger partial charge < -0.3 is 21.1 Å². The number of benzene rings is 1. The lowest BCUT2D eigenvalue weighted by molar-refractivity contribution is 0.321. The maximum Gasteiger partial charge on any atom is 0.167 e. The van der Waals surface area contributed by atoms with Crippen LogP contribution in [0, 0.1) is 5.82 Å². The van der Waals surface area contributed by atoms with Gasteiger partial charge in [0.25, 0.3) is 0 Å². The van der Waals surface area contributed by atoms with E-state index >= 15 is 0 Å². The number of nitrogens with two attached hydrogens (primary N) is 2. The third-order valence-electron chi connectivity index (χ3n) is 2.47. The lowest BCUT2D eigenvalue weighted by Gasteiger charge is -2.23. The summed E-state index contributed by atoms with van der Waals surface area (Å²) in [5.41, 5.74) is 11.9. The molecule has 1 aromatic carbocycles. The van der Waals surface area contributed by atoms with Crippen molar-refractivity contribution in [2.75, 3.05) is 31.6 Å². The van der Waals surface area contributed by atoms with Gasteiger partial charge in [-0.1, -0.05) is 0 Å². The summed E-state index contributed by atoms with van der Waals surface area (Å²) in [6.07, 6.45) is 0. The Labute approximate surface area is 101 Å². The van der Waals surface area contributed by atoms with E-state index in [-0.39, 0.29) is 17.6 Å². The van der Waals surface area contributed by atoms with E-state index in [2.05, 4.69) is 0 Å². The van der Waals surface area contributed by atoms with Crippen molar-refractivity contribution in [2.45, 2.75) is 13.0 Å². The minimum absolute atomic E-state index is 0.116. The Morgan fingerprint density at radius 3 is 2.71 bits per heavy atom. The molecule has 0 bridgehead atoms. The number of anilines is 1. The first-order valence-electron chi connectivity index (χ1n) is 5.67. The fraction of sp³-hybridized carbons (Fsp3) is 0.500. The van der Waals surface area contributed by atoms with Gasteiger partial charge in [0.05, 0.1) is 6.61 Å². The average molecular weight is 241 g/mol. The van der Waals surface area contributed by atoms with Crippen molar-refractivity contribution in [3.63, 3.8) is 0 Å². The maximum absolute atomic E-state index is 13.6. The molecular formula is C12H20FN3O. The molecule has 1 unspecified atom stereocenters. The van der Waals surface area contributed by atoms with Crippen LogP contribution in [0.4, 0.5) is 10.1 Å². The lowest BCUT2D eigenvalue weighted by atomic mass is 10.2. The maximum atomic E-state index is 13.6. The summed E-state index contributed by atoms with van der Waals surface area (Å²) in [5.74, 6) is -0.0923. The Morgan fingerprint density at radius 2 is 2.18 bits per heavy atom. The number of halogens is 1. The molecule has 0 fully saturated rings. The second-order valence-electron chi connectivity index (χ2n) is 3.92. The fourth-order valence-corrected chi connectivity index (χ4v) is 1.53. The van der Waals surface area contributed by atoms with Crippen molar-refractivity contribution in [2.24, 2.45) is 11.5 Å². The molecule has 0 aromatic heterocycles. The smallest absolute Gasteiger partial charge is 0.167 e. The second-order valence-corrected chi connectivity index (χ2v) is 3.92. The standard InChI is InChI=1S/C12H20FN3O/c1-3-17-12-5-4-10(6-11(12)13)16(2)8-9(15)7-14/h4-6,9H,3,7-8,14-15H2,1-2H3. The van der Waals surface area contributed by atoms with E-state index in [9.17, 15) is 4.39 Å². The van der Waals surface area contributed by atoms with Gasteiger partial charge in [0.2, 0.25) is 0 Å². The molecule has 0 saturated heterocycles. The average Bonchev–Trinajstić information content (AvgIpc) is 2.31. The number of hydrogen-bond donors (Lipinski definition) is 2. The first-order chi connectivity index (χ1) is 8.08. The molecule has 1 aromatic rings. The molecule has 1 rings (SSSR count). The van der Waals surface area contributed by atoms with Crippen molar-refractivity contribution < 1.29 is 9.13 Å². The van der Waals surface area contributed by atoms with Crippen LogP contribution in [0.1, 0.15) is 6.92 Å². The van der Waals surface area contributed by atoms with Gasteiger partial charge in [0.1, 0.15) is 0 Å². The van der Waals surface area contributed by atoms with Gasteiger partial charge in [-0.15, -0.1) is 0 Å². The number of rotatable bonds is 6. The van der Waals surface area contributed by atoms with Crippen molar-refractivity contribution in [1.82, 2.24) is 0 Å². The van der Waals surface area contributed by atoms with E-state index in [1.54, 1.807) is 12.1 Å². The summed E-state index contributed by atoms with van der Waals surface area (Å²) in [4.78, 5) is 1.87. The molecule has 0 spiro atoms. The Morgan fingerprint density at radius 1 is 1.47 bits per heavy atom. The van der Waals surface area contributed by atoms with E-state index in [1.165, 1.54) is 6.07 Å². The molecule has 1 atom stereocenters. The lowest BCUT2D eigenvalue weighted by Crippen LogP contribution is -2.40. The van der Waals surface area contributed by atoms with Crippen LogP contribution in [0.5, 0.6) is 5.75 Å². The predicted molar refractivity (Wildman–Crippen MR) is 67.9 cm³/mol.